The number of carbonyl (C=O) groups excluding carboxylic acids is 1. The standard InChI is InChI=1S/C26H23F4N5O4/c1-34(17-6-7-22(39-2)21(27)12-17)25(36)20-11-18(35(37)38)10-19(24(20)33-14-16-4-3-9-31-16)15-5-8-23(32-13-15)26(28,29)30/h5-8,10-14,16,31H,3-4,9H2,1-2H3. The van der Waals surface area contributed by atoms with E-state index in [0.717, 1.165) is 60.8 Å². The van der Waals surface area contributed by atoms with Crippen molar-refractivity contribution in [1.29, 1.82) is 0 Å². The number of carbonyl (C=O) groups is 1. The third-order valence-corrected chi connectivity index (χ3v) is 6.21. The number of aromatic nitrogens is 1. The molecule has 2 aromatic carbocycles. The minimum absolute atomic E-state index is 0.00157. The van der Waals surface area contributed by atoms with Crippen LogP contribution in [-0.4, -0.2) is 48.8 Å². The fourth-order valence-electron chi connectivity index (χ4n) is 4.13. The average molecular weight is 545 g/mol. The zero-order valence-corrected chi connectivity index (χ0v) is 20.8. The van der Waals surface area contributed by atoms with Gasteiger partial charge in [-0.3, -0.25) is 24.9 Å². The molecule has 1 amide bonds. The van der Waals surface area contributed by atoms with Gasteiger partial charge in [0, 0.05) is 60.5 Å². The molecule has 0 bridgehead atoms. The van der Waals surface area contributed by atoms with E-state index in [9.17, 15) is 32.5 Å². The Morgan fingerprint density at radius 2 is 2.03 bits per heavy atom. The van der Waals surface area contributed by atoms with Crippen molar-refractivity contribution in [2.75, 3.05) is 25.6 Å². The van der Waals surface area contributed by atoms with Gasteiger partial charge in [-0.25, -0.2) is 4.39 Å². The summed E-state index contributed by atoms with van der Waals surface area (Å²) in [5, 5.41) is 15.0. The van der Waals surface area contributed by atoms with E-state index in [-0.39, 0.29) is 39.9 Å². The maximum Gasteiger partial charge on any atom is 0.433 e. The van der Waals surface area contributed by atoms with Crippen molar-refractivity contribution in [2.45, 2.75) is 25.1 Å². The van der Waals surface area contributed by atoms with Gasteiger partial charge in [0.05, 0.1) is 23.3 Å². The van der Waals surface area contributed by atoms with Crippen LogP contribution in [0.5, 0.6) is 5.75 Å². The molecule has 0 aliphatic carbocycles. The number of rotatable bonds is 7. The van der Waals surface area contributed by atoms with Crippen LogP contribution in [0.1, 0.15) is 28.9 Å². The number of hydrogen-bond donors (Lipinski definition) is 1. The van der Waals surface area contributed by atoms with E-state index < -0.39 is 34.2 Å². The van der Waals surface area contributed by atoms with E-state index in [1.54, 1.807) is 6.21 Å². The highest BCUT2D eigenvalue weighted by Crippen LogP contribution is 2.39. The third kappa shape index (κ3) is 6.03. The minimum Gasteiger partial charge on any atom is -0.494 e. The second-order valence-corrected chi connectivity index (χ2v) is 8.74. The summed E-state index contributed by atoms with van der Waals surface area (Å²) in [5.74, 6) is -1.52. The van der Waals surface area contributed by atoms with Crippen LogP contribution < -0.4 is 15.0 Å². The van der Waals surface area contributed by atoms with Crippen molar-refractivity contribution >= 4 is 29.2 Å². The highest BCUT2D eigenvalue weighted by molar-refractivity contribution is 6.11. The van der Waals surface area contributed by atoms with Crippen molar-refractivity contribution < 1.29 is 32.0 Å². The number of pyridine rings is 1. The first kappa shape index (κ1) is 27.6. The summed E-state index contributed by atoms with van der Waals surface area (Å²) in [4.78, 5) is 33.7. The Bertz CT molecular complexity index is 1420. The van der Waals surface area contributed by atoms with E-state index in [0.29, 0.717) is 0 Å². The van der Waals surface area contributed by atoms with Crippen molar-refractivity contribution in [3.63, 3.8) is 0 Å². The van der Waals surface area contributed by atoms with Crippen LogP contribution in [0.3, 0.4) is 0 Å². The van der Waals surface area contributed by atoms with Gasteiger partial charge in [0.15, 0.2) is 11.6 Å². The van der Waals surface area contributed by atoms with Gasteiger partial charge in [-0.05, 0) is 37.6 Å². The summed E-state index contributed by atoms with van der Waals surface area (Å²) in [6, 6.07) is 7.72. The van der Waals surface area contributed by atoms with Crippen LogP contribution in [0.4, 0.5) is 34.6 Å². The largest absolute Gasteiger partial charge is 0.494 e. The molecule has 0 saturated carbocycles. The lowest BCUT2D eigenvalue weighted by atomic mass is 9.99. The summed E-state index contributed by atoms with van der Waals surface area (Å²) in [5.41, 5.74) is -1.57. The van der Waals surface area contributed by atoms with Gasteiger partial charge in [-0.1, -0.05) is 6.07 Å². The fraction of sp³-hybridized carbons (Fsp3) is 0.269. The molecule has 13 heteroatoms. The van der Waals surface area contributed by atoms with Crippen molar-refractivity contribution in [3.8, 4) is 16.9 Å². The van der Waals surface area contributed by atoms with Crippen LogP contribution in [0.2, 0.25) is 0 Å². The molecular weight excluding hydrogens is 522 g/mol. The Morgan fingerprint density at radius 1 is 1.26 bits per heavy atom. The van der Waals surface area contributed by atoms with Gasteiger partial charge in [-0.15, -0.1) is 0 Å². The lowest BCUT2D eigenvalue weighted by Gasteiger charge is -2.20. The second kappa shape index (κ2) is 11.2. The molecule has 1 unspecified atom stereocenters. The van der Waals surface area contributed by atoms with Gasteiger partial charge in [0.1, 0.15) is 5.69 Å². The van der Waals surface area contributed by atoms with E-state index >= 15 is 0 Å². The van der Waals surface area contributed by atoms with Gasteiger partial charge in [0.2, 0.25) is 0 Å². The number of amides is 1. The van der Waals surface area contributed by atoms with Crippen molar-refractivity contribution in [1.82, 2.24) is 10.3 Å². The van der Waals surface area contributed by atoms with Crippen molar-refractivity contribution in [2.24, 2.45) is 4.99 Å². The molecule has 204 valence electrons. The zero-order valence-electron chi connectivity index (χ0n) is 20.8. The number of nitrogens with one attached hydrogen (secondary N) is 1. The Balaban J connectivity index is 1.88. The number of nitro groups is 1. The first-order valence-corrected chi connectivity index (χ1v) is 11.7. The van der Waals surface area contributed by atoms with E-state index in [2.05, 4.69) is 15.3 Å². The van der Waals surface area contributed by atoms with Crippen molar-refractivity contribution in [3.05, 3.63) is 75.9 Å². The number of aliphatic imine (C=N–C) groups is 1. The summed E-state index contributed by atoms with van der Waals surface area (Å²) < 4.78 is 58.5. The molecule has 1 aromatic heterocycles. The lowest BCUT2D eigenvalue weighted by Crippen LogP contribution is -2.27. The number of hydrogen-bond acceptors (Lipinski definition) is 7. The van der Waals surface area contributed by atoms with E-state index in [1.165, 1.54) is 26.3 Å². The van der Waals surface area contributed by atoms with Crippen LogP contribution in [0, 0.1) is 15.9 Å². The average Bonchev–Trinajstić information content (AvgIpc) is 3.44. The Labute approximate surface area is 220 Å². The molecule has 9 nitrogen and oxygen atoms in total. The third-order valence-electron chi connectivity index (χ3n) is 6.21. The van der Waals surface area contributed by atoms with Gasteiger partial charge < -0.3 is 15.0 Å². The first-order chi connectivity index (χ1) is 18.5. The second-order valence-electron chi connectivity index (χ2n) is 8.74. The smallest absolute Gasteiger partial charge is 0.433 e. The molecule has 0 radical (unpaired) electrons. The zero-order chi connectivity index (χ0) is 28.3. The number of benzene rings is 2. The minimum atomic E-state index is -4.69. The van der Waals surface area contributed by atoms with Gasteiger partial charge in [-0.2, -0.15) is 13.2 Å². The number of anilines is 1. The molecule has 1 atom stereocenters. The number of nitro benzene ring substituents is 1. The number of halogens is 4. The molecule has 1 N–H and O–H groups in total. The molecule has 1 fully saturated rings. The molecule has 1 saturated heterocycles. The number of alkyl halides is 3. The molecule has 1 aliphatic rings. The molecule has 2 heterocycles. The van der Waals surface area contributed by atoms with Crippen LogP contribution in [0.15, 0.2) is 53.7 Å². The highest BCUT2D eigenvalue weighted by atomic mass is 19.4. The predicted octanol–water partition coefficient (Wildman–Crippen LogP) is 5.55. The van der Waals surface area contributed by atoms with E-state index in [1.807, 2.05) is 0 Å². The Hall–Kier alpha value is -4.39. The topological polar surface area (TPSA) is 110 Å². The van der Waals surface area contributed by atoms with Crippen LogP contribution in [-0.2, 0) is 6.18 Å². The maximum atomic E-state index is 14.4. The summed E-state index contributed by atoms with van der Waals surface area (Å²) in [6.07, 6.45) is -0.551. The maximum absolute atomic E-state index is 14.4. The molecule has 3 aromatic rings. The molecule has 39 heavy (non-hydrogen) atoms. The summed E-state index contributed by atoms with van der Waals surface area (Å²) >= 11 is 0. The Kier molecular flexibility index (Phi) is 7.90. The normalized spacial score (nSPS) is 15.5. The summed E-state index contributed by atoms with van der Waals surface area (Å²) in [6.45, 7) is 0.754. The quantitative estimate of drug-likeness (QED) is 0.180. The first-order valence-electron chi connectivity index (χ1n) is 11.7. The molecule has 4 rings (SSSR count). The number of methoxy groups -OCH3 is 1. The number of non-ortho nitro benzene ring substituents is 1. The molecule has 0 spiro atoms. The lowest BCUT2D eigenvalue weighted by molar-refractivity contribution is -0.384. The number of ether oxygens (including phenoxy) is 1. The van der Waals surface area contributed by atoms with Crippen LogP contribution >= 0.6 is 0 Å². The number of nitrogens with zero attached hydrogens (tertiary/aromatic N) is 4. The van der Waals surface area contributed by atoms with Gasteiger partial charge >= 0.3 is 6.18 Å². The molecule has 1 aliphatic heterocycles. The monoisotopic (exact) mass is 545 g/mol. The van der Waals surface area contributed by atoms with Gasteiger partial charge in [0.25, 0.3) is 11.6 Å². The summed E-state index contributed by atoms with van der Waals surface area (Å²) in [7, 11) is 2.64. The van der Waals surface area contributed by atoms with Crippen LogP contribution in [0.25, 0.3) is 11.1 Å². The highest BCUT2D eigenvalue weighted by Gasteiger charge is 2.32. The molecular formula is C26H23F4N5O4. The predicted molar refractivity (Wildman–Crippen MR) is 136 cm³/mol. The Morgan fingerprint density at radius 3 is 2.59 bits per heavy atom. The fourth-order valence-corrected chi connectivity index (χ4v) is 4.13. The van der Waals surface area contributed by atoms with E-state index in [4.69, 9.17) is 4.74 Å². The SMILES string of the molecule is COc1ccc(N(C)C(=O)c2cc([N+](=O)[O-])cc(-c3ccc(C(F)(F)F)nc3)c2N=CC2CCCN2)cc1F.